The highest BCUT2D eigenvalue weighted by Crippen LogP contribution is 2.30. The lowest BCUT2D eigenvalue weighted by Gasteiger charge is -2.10. The van der Waals surface area contributed by atoms with Gasteiger partial charge in [-0.15, -0.1) is 0 Å². The maximum Gasteiger partial charge on any atom is 0.416 e. The van der Waals surface area contributed by atoms with Gasteiger partial charge in [-0.2, -0.15) is 18.3 Å². The molecule has 0 saturated carbocycles. The number of halogens is 5. The van der Waals surface area contributed by atoms with Gasteiger partial charge in [0.05, 0.1) is 22.6 Å². The van der Waals surface area contributed by atoms with E-state index in [1.54, 1.807) is 54.6 Å². The first-order chi connectivity index (χ1) is 15.8. The van der Waals surface area contributed by atoms with Gasteiger partial charge in [0.15, 0.2) is 0 Å². The fourth-order valence-corrected chi connectivity index (χ4v) is 3.15. The van der Waals surface area contributed by atoms with Crippen LogP contribution in [-0.2, 0) is 6.18 Å². The Balaban J connectivity index is 1.73. The zero-order valence-electron chi connectivity index (χ0n) is 17.1. The second-order valence-corrected chi connectivity index (χ2v) is 7.22. The molecule has 0 aliphatic heterocycles. The minimum absolute atomic E-state index is 0.241. The highest BCUT2D eigenvalue weighted by Gasteiger charge is 2.30. The number of alkyl halides is 3. The zero-order chi connectivity index (χ0) is 23.4. The monoisotopic (exact) mass is 452 g/mol. The predicted molar refractivity (Wildman–Crippen MR) is 119 cm³/mol. The van der Waals surface area contributed by atoms with E-state index >= 15 is 0 Å². The average Bonchev–Trinajstić information content (AvgIpc) is 3.21. The van der Waals surface area contributed by atoms with Crippen LogP contribution >= 0.6 is 0 Å². The number of aromatic nitrogens is 2. The first-order valence-electron chi connectivity index (χ1n) is 9.93. The minimum atomic E-state index is -4.49. The van der Waals surface area contributed by atoms with Crippen LogP contribution in [0, 0.1) is 11.6 Å². The zero-order valence-corrected chi connectivity index (χ0v) is 17.1. The molecule has 1 aromatic heterocycles. The normalized spacial score (nSPS) is 12.2. The molecule has 0 bridgehead atoms. The summed E-state index contributed by atoms with van der Waals surface area (Å²) in [6.45, 7) is 0. The molecule has 4 aromatic rings. The van der Waals surface area contributed by atoms with Gasteiger partial charge in [0.1, 0.15) is 11.6 Å². The number of hydrogen-bond acceptors (Lipinski definition) is 1. The summed E-state index contributed by atoms with van der Waals surface area (Å²) in [6.07, 6.45) is 2.33. The molecule has 7 heteroatoms. The topological polar surface area (TPSA) is 17.8 Å². The van der Waals surface area contributed by atoms with Gasteiger partial charge in [-0.25, -0.2) is 13.5 Å². The molecule has 0 N–H and O–H groups in total. The first kappa shape index (κ1) is 22.2. The Labute approximate surface area is 186 Å². The third-order valence-electron chi connectivity index (χ3n) is 4.81. The molecule has 1 heterocycles. The van der Waals surface area contributed by atoms with Crippen LogP contribution < -0.4 is 0 Å². The van der Waals surface area contributed by atoms with Crippen molar-refractivity contribution in [2.24, 2.45) is 0 Å². The molecule has 0 saturated heterocycles. The molecular formula is C26H17F5N2. The van der Waals surface area contributed by atoms with Crippen LogP contribution in [0.5, 0.6) is 0 Å². The summed E-state index contributed by atoms with van der Waals surface area (Å²) in [7, 11) is 0. The third-order valence-corrected chi connectivity index (χ3v) is 4.81. The molecule has 0 radical (unpaired) electrons. The Bertz CT molecular complexity index is 1300. The van der Waals surface area contributed by atoms with Gasteiger partial charge in [0, 0.05) is 0 Å². The van der Waals surface area contributed by atoms with Crippen molar-refractivity contribution in [3.8, 4) is 5.69 Å². The van der Waals surface area contributed by atoms with E-state index in [1.807, 2.05) is 0 Å². The molecule has 3 aromatic carbocycles. The van der Waals surface area contributed by atoms with Crippen molar-refractivity contribution in [1.82, 2.24) is 9.78 Å². The van der Waals surface area contributed by atoms with Crippen LogP contribution in [0.3, 0.4) is 0 Å². The van der Waals surface area contributed by atoms with Crippen LogP contribution in [-0.4, -0.2) is 9.78 Å². The van der Waals surface area contributed by atoms with Gasteiger partial charge in [0.2, 0.25) is 0 Å². The van der Waals surface area contributed by atoms with Crippen molar-refractivity contribution >= 4 is 24.3 Å². The quantitative estimate of drug-likeness (QED) is 0.287. The highest BCUT2D eigenvalue weighted by molar-refractivity contribution is 5.73. The molecule has 0 unspecified atom stereocenters. The molecule has 166 valence electrons. The van der Waals surface area contributed by atoms with E-state index in [9.17, 15) is 22.0 Å². The van der Waals surface area contributed by atoms with E-state index in [2.05, 4.69) is 5.10 Å². The fraction of sp³-hybridized carbons (Fsp3) is 0.0385. The second kappa shape index (κ2) is 9.24. The highest BCUT2D eigenvalue weighted by atomic mass is 19.4. The van der Waals surface area contributed by atoms with Crippen molar-refractivity contribution in [1.29, 1.82) is 0 Å². The largest absolute Gasteiger partial charge is 0.416 e. The van der Waals surface area contributed by atoms with Crippen molar-refractivity contribution in [3.63, 3.8) is 0 Å². The van der Waals surface area contributed by atoms with E-state index in [1.165, 1.54) is 41.1 Å². The molecule has 0 fully saturated rings. The number of nitrogens with zero attached hydrogens (tertiary/aromatic N) is 2. The van der Waals surface area contributed by atoms with Gasteiger partial charge in [-0.1, -0.05) is 42.5 Å². The Morgan fingerprint density at radius 1 is 0.667 bits per heavy atom. The van der Waals surface area contributed by atoms with Crippen LogP contribution in [0.2, 0.25) is 0 Å². The maximum absolute atomic E-state index is 13.2. The minimum Gasteiger partial charge on any atom is -0.233 e. The van der Waals surface area contributed by atoms with Crippen LogP contribution in [0.15, 0.2) is 78.9 Å². The Morgan fingerprint density at radius 3 is 1.82 bits per heavy atom. The second-order valence-electron chi connectivity index (χ2n) is 7.22. The van der Waals surface area contributed by atoms with Crippen LogP contribution in [0.25, 0.3) is 30.0 Å². The van der Waals surface area contributed by atoms with E-state index in [-0.39, 0.29) is 17.3 Å². The molecule has 4 rings (SSSR count). The summed E-state index contributed by atoms with van der Waals surface area (Å²) in [4.78, 5) is 0. The van der Waals surface area contributed by atoms with Crippen molar-refractivity contribution in [3.05, 3.63) is 119 Å². The standard InChI is InChI=1S/C26H17F5N2/c27-21-10-4-18(5-11-21)8-14-23-17-25(15-9-19-6-12-22(28)13-7-19)33(32-23)24-3-1-2-20(16-24)26(29,30)31/h1-17H/b14-8+,15-9+. The van der Waals surface area contributed by atoms with Crippen molar-refractivity contribution in [2.75, 3.05) is 0 Å². The molecule has 33 heavy (non-hydrogen) atoms. The summed E-state index contributed by atoms with van der Waals surface area (Å²) in [5, 5.41) is 4.44. The van der Waals surface area contributed by atoms with Crippen LogP contribution in [0.4, 0.5) is 22.0 Å². The number of rotatable bonds is 5. The summed E-state index contributed by atoms with van der Waals surface area (Å²) in [6, 6.07) is 18.3. The lowest BCUT2D eigenvalue weighted by Crippen LogP contribution is -2.07. The lowest BCUT2D eigenvalue weighted by molar-refractivity contribution is -0.137. The molecule has 0 aliphatic rings. The fourth-order valence-electron chi connectivity index (χ4n) is 3.15. The van der Waals surface area contributed by atoms with Gasteiger partial charge in [-0.05, 0) is 71.8 Å². The molecule has 0 aliphatic carbocycles. The van der Waals surface area contributed by atoms with E-state index in [0.29, 0.717) is 11.4 Å². The molecule has 0 atom stereocenters. The van der Waals surface area contributed by atoms with Gasteiger partial charge < -0.3 is 0 Å². The summed E-state index contributed by atoms with van der Waals surface area (Å²) in [5.74, 6) is -0.719. The third kappa shape index (κ3) is 5.63. The van der Waals surface area contributed by atoms with E-state index in [4.69, 9.17) is 0 Å². The SMILES string of the molecule is Fc1ccc(/C=C/c2cc(/C=C/c3ccc(F)cc3)n(-c3cccc(C(F)(F)F)c3)n2)cc1. The first-order valence-corrected chi connectivity index (χ1v) is 9.93. The van der Waals surface area contributed by atoms with E-state index in [0.717, 1.165) is 23.3 Å². The smallest absolute Gasteiger partial charge is 0.233 e. The Morgan fingerprint density at radius 2 is 1.24 bits per heavy atom. The molecular weight excluding hydrogens is 435 g/mol. The maximum atomic E-state index is 13.2. The average molecular weight is 452 g/mol. The van der Waals surface area contributed by atoms with Crippen molar-refractivity contribution in [2.45, 2.75) is 6.18 Å². The van der Waals surface area contributed by atoms with Gasteiger partial charge in [0.25, 0.3) is 0 Å². The molecule has 2 nitrogen and oxygen atoms in total. The van der Waals surface area contributed by atoms with E-state index < -0.39 is 11.7 Å². The van der Waals surface area contributed by atoms with Crippen LogP contribution in [0.1, 0.15) is 28.1 Å². The summed E-state index contributed by atoms with van der Waals surface area (Å²) < 4.78 is 67.3. The summed E-state index contributed by atoms with van der Waals surface area (Å²) >= 11 is 0. The lowest BCUT2D eigenvalue weighted by atomic mass is 10.1. The molecule has 0 amide bonds. The predicted octanol–water partition coefficient (Wildman–Crippen LogP) is 7.51. The Kier molecular flexibility index (Phi) is 6.22. The van der Waals surface area contributed by atoms with Gasteiger partial charge in [-0.3, -0.25) is 0 Å². The number of hydrogen-bond donors (Lipinski definition) is 0. The Hall–Kier alpha value is -4.00. The van der Waals surface area contributed by atoms with Gasteiger partial charge >= 0.3 is 6.18 Å². The van der Waals surface area contributed by atoms with Crippen molar-refractivity contribution < 1.29 is 22.0 Å². The summed E-state index contributed by atoms with van der Waals surface area (Å²) in [5.41, 5.74) is 1.94. The molecule has 0 spiro atoms. The number of benzene rings is 3.